The zero-order valence-electron chi connectivity index (χ0n) is 10.1. The lowest BCUT2D eigenvalue weighted by Crippen LogP contribution is -2.54. The molecule has 17 heavy (non-hydrogen) atoms. The van der Waals surface area contributed by atoms with E-state index in [2.05, 4.69) is 10.6 Å². The molecule has 0 spiro atoms. The number of carbonyl (C=O) groups excluding carboxylic acids is 1. The summed E-state index contributed by atoms with van der Waals surface area (Å²) in [5.74, 6) is -0.977. The van der Waals surface area contributed by atoms with Crippen molar-refractivity contribution in [2.45, 2.75) is 31.3 Å². The zero-order chi connectivity index (χ0) is 12.7. The Kier molecular flexibility index (Phi) is 5.37. The Morgan fingerprint density at radius 1 is 1.41 bits per heavy atom. The molecule has 6 heteroatoms. The Hall–Kier alpha value is -1.14. The van der Waals surface area contributed by atoms with E-state index in [-0.39, 0.29) is 12.3 Å². The molecule has 0 aliphatic carbocycles. The molecule has 1 heterocycles. The topological polar surface area (TPSA) is 87.7 Å². The summed E-state index contributed by atoms with van der Waals surface area (Å²) in [7, 11) is 1.54. The molecule has 1 fully saturated rings. The van der Waals surface area contributed by atoms with Gasteiger partial charge in [-0.2, -0.15) is 0 Å². The summed E-state index contributed by atoms with van der Waals surface area (Å²) in [5.41, 5.74) is -0.742. The number of hydrogen-bond donors (Lipinski definition) is 3. The number of piperidine rings is 1. The molecule has 0 unspecified atom stereocenters. The summed E-state index contributed by atoms with van der Waals surface area (Å²) in [6, 6.07) is 0. The number of carboxylic acids is 1. The molecule has 0 aromatic rings. The van der Waals surface area contributed by atoms with Crippen molar-refractivity contribution >= 4 is 11.9 Å². The lowest BCUT2D eigenvalue weighted by molar-refractivity contribution is -0.147. The molecule has 0 bridgehead atoms. The van der Waals surface area contributed by atoms with E-state index in [0.717, 1.165) is 13.1 Å². The smallest absolute Gasteiger partial charge is 0.303 e. The van der Waals surface area contributed by atoms with Crippen molar-refractivity contribution in [2.75, 3.05) is 26.7 Å². The maximum atomic E-state index is 12.0. The molecule has 1 aliphatic heterocycles. The predicted molar refractivity (Wildman–Crippen MR) is 61.7 cm³/mol. The van der Waals surface area contributed by atoms with Gasteiger partial charge in [0.1, 0.15) is 5.60 Å². The monoisotopic (exact) mass is 244 g/mol. The molecule has 1 amide bonds. The molecule has 0 aromatic carbocycles. The van der Waals surface area contributed by atoms with E-state index < -0.39 is 11.6 Å². The normalized spacial score (nSPS) is 18.6. The highest BCUT2D eigenvalue weighted by Gasteiger charge is 2.39. The van der Waals surface area contributed by atoms with Crippen LogP contribution in [0.5, 0.6) is 0 Å². The highest BCUT2D eigenvalue weighted by molar-refractivity contribution is 5.85. The van der Waals surface area contributed by atoms with Crippen molar-refractivity contribution in [3.63, 3.8) is 0 Å². The number of rotatable bonds is 6. The van der Waals surface area contributed by atoms with Crippen LogP contribution in [0.4, 0.5) is 0 Å². The van der Waals surface area contributed by atoms with Crippen LogP contribution in [0, 0.1) is 0 Å². The van der Waals surface area contributed by atoms with Gasteiger partial charge in [-0.1, -0.05) is 0 Å². The van der Waals surface area contributed by atoms with E-state index in [1.54, 1.807) is 7.11 Å². The Morgan fingerprint density at radius 2 is 2.06 bits per heavy atom. The van der Waals surface area contributed by atoms with Gasteiger partial charge in [0.25, 0.3) is 5.91 Å². The van der Waals surface area contributed by atoms with Gasteiger partial charge in [0.2, 0.25) is 0 Å². The largest absolute Gasteiger partial charge is 0.481 e. The first-order valence-electron chi connectivity index (χ1n) is 5.87. The first kappa shape index (κ1) is 13.9. The van der Waals surface area contributed by atoms with Gasteiger partial charge in [0.15, 0.2) is 0 Å². The van der Waals surface area contributed by atoms with Gasteiger partial charge in [0, 0.05) is 20.1 Å². The molecular formula is C11H20N2O4. The van der Waals surface area contributed by atoms with Crippen LogP contribution in [-0.4, -0.2) is 49.3 Å². The number of hydrogen-bond acceptors (Lipinski definition) is 4. The number of methoxy groups -OCH3 is 1. The van der Waals surface area contributed by atoms with E-state index in [1.807, 2.05) is 0 Å². The molecule has 0 radical (unpaired) electrons. The van der Waals surface area contributed by atoms with Crippen molar-refractivity contribution in [3.05, 3.63) is 0 Å². The number of amides is 1. The fourth-order valence-corrected chi connectivity index (χ4v) is 1.96. The summed E-state index contributed by atoms with van der Waals surface area (Å²) in [5, 5.41) is 14.4. The second-order valence-electron chi connectivity index (χ2n) is 4.20. The first-order valence-corrected chi connectivity index (χ1v) is 5.87. The van der Waals surface area contributed by atoms with Crippen LogP contribution in [0.25, 0.3) is 0 Å². The third kappa shape index (κ3) is 3.98. The fraction of sp³-hybridized carbons (Fsp3) is 0.818. The van der Waals surface area contributed by atoms with E-state index in [0.29, 0.717) is 25.8 Å². The molecule has 1 rings (SSSR count). The Labute approximate surface area is 101 Å². The van der Waals surface area contributed by atoms with Crippen LogP contribution in [-0.2, 0) is 14.3 Å². The van der Waals surface area contributed by atoms with Gasteiger partial charge < -0.3 is 20.5 Å². The summed E-state index contributed by atoms with van der Waals surface area (Å²) < 4.78 is 5.35. The van der Waals surface area contributed by atoms with Crippen molar-refractivity contribution in [1.82, 2.24) is 10.6 Å². The van der Waals surface area contributed by atoms with Gasteiger partial charge in [0.05, 0.1) is 0 Å². The minimum absolute atomic E-state index is 0.0712. The first-order chi connectivity index (χ1) is 8.10. The average molecular weight is 244 g/mol. The van der Waals surface area contributed by atoms with Gasteiger partial charge in [-0.25, -0.2) is 0 Å². The summed E-state index contributed by atoms with van der Waals surface area (Å²) in [4.78, 5) is 22.3. The SMILES string of the molecule is COC1(C(=O)NCCCC(=O)O)CCNCC1. The van der Waals surface area contributed by atoms with Crippen LogP contribution in [0.1, 0.15) is 25.7 Å². The van der Waals surface area contributed by atoms with Crippen LogP contribution in [0.3, 0.4) is 0 Å². The molecule has 98 valence electrons. The molecule has 0 atom stereocenters. The molecule has 1 saturated heterocycles. The third-order valence-electron chi connectivity index (χ3n) is 3.07. The highest BCUT2D eigenvalue weighted by atomic mass is 16.5. The number of aliphatic carboxylic acids is 1. The fourth-order valence-electron chi connectivity index (χ4n) is 1.96. The second-order valence-corrected chi connectivity index (χ2v) is 4.20. The second kappa shape index (κ2) is 6.56. The zero-order valence-corrected chi connectivity index (χ0v) is 10.1. The van der Waals surface area contributed by atoms with E-state index in [1.165, 1.54) is 0 Å². The predicted octanol–water partition coefficient (Wildman–Crippen LogP) is -0.264. The molecular weight excluding hydrogens is 224 g/mol. The van der Waals surface area contributed by atoms with Crippen molar-refractivity contribution in [1.29, 1.82) is 0 Å². The number of ether oxygens (including phenoxy) is 1. The number of carboxylic acid groups (broad SMARTS) is 1. The third-order valence-corrected chi connectivity index (χ3v) is 3.07. The lowest BCUT2D eigenvalue weighted by atomic mass is 9.91. The molecule has 6 nitrogen and oxygen atoms in total. The molecule has 0 saturated carbocycles. The van der Waals surface area contributed by atoms with Crippen LogP contribution >= 0.6 is 0 Å². The minimum atomic E-state index is -0.845. The summed E-state index contributed by atoms with van der Waals surface area (Å²) in [6.07, 6.45) is 1.81. The Morgan fingerprint density at radius 3 is 2.59 bits per heavy atom. The summed E-state index contributed by atoms with van der Waals surface area (Å²) >= 11 is 0. The highest BCUT2D eigenvalue weighted by Crippen LogP contribution is 2.22. The van der Waals surface area contributed by atoms with Crippen LogP contribution in [0.2, 0.25) is 0 Å². The van der Waals surface area contributed by atoms with E-state index >= 15 is 0 Å². The van der Waals surface area contributed by atoms with E-state index in [4.69, 9.17) is 9.84 Å². The maximum Gasteiger partial charge on any atom is 0.303 e. The molecule has 1 aliphatic rings. The van der Waals surface area contributed by atoms with Crippen LogP contribution < -0.4 is 10.6 Å². The van der Waals surface area contributed by atoms with Gasteiger partial charge in [-0.05, 0) is 32.4 Å². The lowest BCUT2D eigenvalue weighted by Gasteiger charge is -2.34. The maximum absolute atomic E-state index is 12.0. The molecule has 3 N–H and O–H groups in total. The van der Waals surface area contributed by atoms with Gasteiger partial charge in [-0.3, -0.25) is 9.59 Å². The minimum Gasteiger partial charge on any atom is -0.481 e. The Bertz CT molecular complexity index is 275. The van der Waals surface area contributed by atoms with Crippen molar-refractivity contribution in [3.8, 4) is 0 Å². The van der Waals surface area contributed by atoms with Crippen molar-refractivity contribution < 1.29 is 19.4 Å². The average Bonchev–Trinajstić information content (AvgIpc) is 2.35. The van der Waals surface area contributed by atoms with Crippen molar-refractivity contribution in [2.24, 2.45) is 0 Å². The summed E-state index contributed by atoms with van der Waals surface area (Å²) in [6.45, 7) is 1.90. The number of carbonyl (C=O) groups is 2. The number of nitrogens with one attached hydrogen (secondary N) is 2. The van der Waals surface area contributed by atoms with E-state index in [9.17, 15) is 9.59 Å². The molecule has 0 aromatic heterocycles. The van der Waals surface area contributed by atoms with Crippen LogP contribution in [0.15, 0.2) is 0 Å². The standard InChI is InChI=1S/C11H20N2O4/c1-17-11(4-7-12-8-5-11)10(16)13-6-2-3-9(14)15/h12H,2-8H2,1H3,(H,13,16)(H,14,15). The van der Waals surface area contributed by atoms with Gasteiger partial charge in [-0.15, -0.1) is 0 Å². The quantitative estimate of drug-likeness (QED) is 0.560. The Balaban J connectivity index is 2.36. The van der Waals surface area contributed by atoms with Gasteiger partial charge >= 0.3 is 5.97 Å².